The number of nitrogens with zero attached hydrogens (tertiary/aromatic N) is 2. The third-order valence-corrected chi connectivity index (χ3v) is 5.32. The Morgan fingerprint density at radius 1 is 1.30 bits per heavy atom. The number of hydrogen-bond acceptors (Lipinski definition) is 6. The lowest BCUT2D eigenvalue weighted by atomic mass is 10.3. The van der Waals surface area contributed by atoms with Crippen molar-refractivity contribution in [3.05, 3.63) is 29.3 Å². The predicted octanol–water partition coefficient (Wildman–Crippen LogP) is 4.35. The molecule has 0 fully saturated rings. The number of nitrogens with one attached hydrogen (secondary N) is 1. The van der Waals surface area contributed by atoms with Gasteiger partial charge in [0.25, 0.3) is 5.91 Å². The van der Waals surface area contributed by atoms with E-state index in [1.54, 1.807) is 43.0 Å². The lowest BCUT2D eigenvalue weighted by Crippen LogP contribution is -2.30. The summed E-state index contributed by atoms with van der Waals surface area (Å²) in [6.45, 7) is 5.97. The first-order chi connectivity index (χ1) is 10.9. The second-order valence-corrected chi connectivity index (χ2v) is 7.96. The van der Waals surface area contributed by atoms with Gasteiger partial charge in [0, 0.05) is 10.8 Å². The molecule has 0 unspecified atom stereocenters. The fourth-order valence-electron chi connectivity index (χ4n) is 1.53. The van der Waals surface area contributed by atoms with E-state index in [1.165, 1.54) is 11.3 Å². The monoisotopic (exact) mass is 371 g/mol. The summed E-state index contributed by atoms with van der Waals surface area (Å²) in [6.07, 6.45) is -0.646. The topological polar surface area (TPSA) is 64.1 Å². The highest BCUT2D eigenvalue weighted by Crippen LogP contribution is 2.27. The molecular formula is C15H18ClN3O2S2. The molecule has 0 radical (unpaired) electrons. The molecule has 0 aliphatic heterocycles. The molecule has 124 valence electrons. The second kappa shape index (κ2) is 8.52. The summed E-state index contributed by atoms with van der Waals surface area (Å²) < 4.78 is 6.42. The van der Waals surface area contributed by atoms with Crippen LogP contribution in [0.5, 0.6) is 5.75 Å². The zero-order valence-electron chi connectivity index (χ0n) is 13.1. The van der Waals surface area contributed by atoms with Gasteiger partial charge >= 0.3 is 0 Å². The lowest BCUT2D eigenvalue weighted by molar-refractivity contribution is -0.122. The highest BCUT2D eigenvalue weighted by atomic mass is 35.5. The quantitative estimate of drug-likeness (QED) is 0.579. The third kappa shape index (κ3) is 6.01. The van der Waals surface area contributed by atoms with Gasteiger partial charge in [-0.3, -0.25) is 10.1 Å². The first kappa shape index (κ1) is 18.0. The smallest absolute Gasteiger partial charge is 0.266 e. The Bertz CT molecular complexity index is 646. The molecule has 0 bridgehead atoms. The summed E-state index contributed by atoms with van der Waals surface area (Å²) in [4.78, 5) is 12.1. The van der Waals surface area contributed by atoms with E-state index in [1.807, 2.05) is 0 Å². The van der Waals surface area contributed by atoms with Crippen molar-refractivity contribution in [1.82, 2.24) is 10.2 Å². The molecule has 0 aliphatic carbocycles. The van der Waals surface area contributed by atoms with E-state index in [0.29, 0.717) is 21.8 Å². The van der Waals surface area contributed by atoms with Gasteiger partial charge in [0.05, 0.1) is 0 Å². The van der Waals surface area contributed by atoms with Gasteiger partial charge in [-0.05, 0) is 37.1 Å². The van der Waals surface area contributed by atoms with Crippen molar-refractivity contribution >= 4 is 45.7 Å². The van der Waals surface area contributed by atoms with Crippen LogP contribution < -0.4 is 10.1 Å². The summed E-state index contributed by atoms with van der Waals surface area (Å²) >= 11 is 8.82. The number of ether oxygens (including phenoxy) is 1. The molecule has 8 heteroatoms. The number of anilines is 1. The first-order valence-electron chi connectivity index (χ1n) is 7.13. The average molecular weight is 372 g/mol. The molecule has 23 heavy (non-hydrogen) atoms. The van der Waals surface area contributed by atoms with Crippen LogP contribution in [0.2, 0.25) is 5.02 Å². The molecule has 2 aromatic rings. The number of carbonyl (C=O) groups excluding carboxylic acids is 1. The van der Waals surface area contributed by atoms with Gasteiger partial charge in [0.2, 0.25) is 5.13 Å². The van der Waals surface area contributed by atoms with Crippen LogP contribution in [0, 0.1) is 5.92 Å². The van der Waals surface area contributed by atoms with E-state index in [2.05, 4.69) is 29.4 Å². The van der Waals surface area contributed by atoms with Crippen LogP contribution in [0.3, 0.4) is 0 Å². The highest BCUT2D eigenvalue weighted by molar-refractivity contribution is 8.01. The summed E-state index contributed by atoms with van der Waals surface area (Å²) in [5, 5.41) is 11.9. The summed E-state index contributed by atoms with van der Waals surface area (Å²) in [5.74, 6) is 1.87. The molecular weight excluding hydrogens is 354 g/mol. The Kier molecular flexibility index (Phi) is 6.68. The molecule has 2 rings (SSSR count). The van der Waals surface area contributed by atoms with Crippen LogP contribution in [0.1, 0.15) is 20.8 Å². The molecule has 1 atom stereocenters. The van der Waals surface area contributed by atoms with Crippen molar-refractivity contribution in [2.24, 2.45) is 5.92 Å². The zero-order chi connectivity index (χ0) is 16.8. The molecule has 1 aromatic heterocycles. The van der Waals surface area contributed by atoms with Gasteiger partial charge < -0.3 is 4.74 Å². The van der Waals surface area contributed by atoms with E-state index in [-0.39, 0.29) is 5.91 Å². The normalized spacial score (nSPS) is 12.2. The van der Waals surface area contributed by atoms with Crippen molar-refractivity contribution in [2.75, 3.05) is 11.1 Å². The molecule has 1 aromatic carbocycles. The minimum Gasteiger partial charge on any atom is -0.481 e. The first-order valence-corrected chi connectivity index (χ1v) is 9.31. The Hall–Kier alpha value is -1.31. The van der Waals surface area contributed by atoms with Crippen molar-refractivity contribution in [3.8, 4) is 5.75 Å². The van der Waals surface area contributed by atoms with E-state index in [0.717, 1.165) is 10.1 Å². The number of halogens is 1. The van der Waals surface area contributed by atoms with Crippen LogP contribution in [-0.2, 0) is 4.79 Å². The molecule has 0 saturated carbocycles. The number of hydrogen-bond donors (Lipinski definition) is 1. The predicted molar refractivity (Wildman–Crippen MR) is 95.6 cm³/mol. The SMILES string of the molecule is CC(C)CSc1nnc(NC(=O)[C@@H](C)Oc2ccc(Cl)cc2)s1. The molecule has 0 spiro atoms. The summed E-state index contributed by atoms with van der Waals surface area (Å²) in [6, 6.07) is 6.87. The van der Waals surface area contributed by atoms with E-state index < -0.39 is 6.10 Å². The van der Waals surface area contributed by atoms with Gasteiger partial charge in [-0.25, -0.2) is 0 Å². The van der Waals surface area contributed by atoms with Crippen molar-refractivity contribution in [1.29, 1.82) is 0 Å². The van der Waals surface area contributed by atoms with E-state index in [4.69, 9.17) is 16.3 Å². The van der Waals surface area contributed by atoms with Crippen molar-refractivity contribution in [2.45, 2.75) is 31.2 Å². The number of rotatable bonds is 7. The van der Waals surface area contributed by atoms with Crippen LogP contribution in [0.4, 0.5) is 5.13 Å². The number of aromatic nitrogens is 2. The van der Waals surface area contributed by atoms with E-state index >= 15 is 0 Å². The highest BCUT2D eigenvalue weighted by Gasteiger charge is 2.17. The van der Waals surface area contributed by atoms with Gasteiger partial charge in [0.1, 0.15) is 5.75 Å². The third-order valence-electron chi connectivity index (χ3n) is 2.67. The Balaban J connectivity index is 1.86. The number of carbonyl (C=O) groups is 1. The minimum absolute atomic E-state index is 0.267. The average Bonchev–Trinajstić information content (AvgIpc) is 2.95. The van der Waals surface area contributed by atoms with Crippen LogP contribution in [-0.4, -0.2) is 28.0 Å². The number of thioether (sulfide) groups is 1. The lowest BCUT2D eigenvalue weighted by Gasteiger charge is -2.13. The molecule has 1 amide bonds. The maximum Gasteiger partial charge on any atom is 0.266 e. The number of benzene rings is 1. The molecule has 5 nitrogen and oxygen atoms in total. The Morgan fingerprint density at radius 3 is 2.65 bits per heavy atom. The molecule has 1 heterocycles. The fraction of sp³-hybridized carbons (Fsp3) is 0.400. The summed E-state index contributed by atoms with van der Waals surface area (Å²) in [7, 11) is 0. The van der Waals surface area contributed by atoms with Gasteiger partial charge in [-0.1, -0.05) is 48.5 Å². The van der Waals surface area contributed by atoms with Gasteiger partial charge in [-0.2, -0.15) is 0 Å². The van der Waals surface area contributed by atoms with Crippen LogP contribution >= 0.6 is 34.7 Å². The number of amides is 1. The molecule has 1 N–H and O–H groups in total. The molecule has 0 saturated heterocycles. The van der Waals surface area contributed by atoms with Crippen molar-refractivity contribution < 1.29 is 9.53 Å². The Labute approximate surface area is 148 Å². The van der Waals surface area contributed by atoms with Crippen molar-refractivity contribution in [3.63, 3.8) is 0 Å². The largest absolute Gasteiger partial charge is 0.481 e. The summed E-state index contributed by atoms with van der Waals surface area (Å²) in [5.41, 5.74) is 0. The second-order valence-electron chi connectivity index (χ2n) is 5.28. The van der Waals surface area contributed by atoms with Gasteiger partial charge in [-0.15, -0.1) is 10.2 Å². The standard InChI is InChI=1S/C15H18ClN3O2S2/c1-9(2)8-22-15-19-18-14(23-15)17-13(20)10(3)21-12-6-4-11(16)5-7-12/h4-7,9-10H,8H2,1-3H3,(H,17,18,20)/t10-/m1/s1. The van der Waals surface area contributed by atoms with E-state index in [9.17, 15) is 4.79 Å². The fourth-order valence-corrected chi connectivity index (χ4v) is 3.39. The molecule has 0 aliphatic rings. The minimum atomic E-state index is -0.646. The maximum atomic E-state index is 12.1. The van der Waals surface area contributed by atoms with Gasteiger partial charge in [0.15, 0.2) is 10.4 Å². The Morgan fingerprint density at radius 2 is 2.00 bits per heavy atom. The maximum absolute atomic E-state index is 12.1. The van der Waals surface area contributed by atoms with Crippen LogP contribution in [0.15, 0.2) is 28.6 Å². The zero-order valence-corrected chi connectivity index (χ0v) is 15.5. The van der Waals surface area contributed by atoms with Crippen LogP contribution in [0.25, 0.3) is 0 Å².